The standard InChI is InChI=1S/C28H37N7O3/c1-38-33-26(20-6-7-20)27(37)35-16-28(17-35)11-22(12-28)32-25-10-24(30-18-31-25)29-13-23(36)15-34-9-8-19-4-2-3-5-21(19)14-34/h2-5,10,18,20,22-23,36H,6-9,11-17H2,1H3,(H2,29,30,31,32)/t23-/m0/s1. The highest BCUT2D eigenvalue weighted by Crippen LogP contribution is 2.49. The van der Waals surface area contributed by atoms with Crippen LogP contribution in [0.4, 0.5) is 11.6 Å². The number of hydrogen-bond acceptors (Lipinski definition) is 9. The molecule has 2 saturated carbocycles. The SMILES string of the molecule is CON=C(C(=O)N1CC2(CC(Nc3cc(NC[C@H](O)CN4CCc5ccccc5C4)ncn3)C2)C1)C1CC1. The second-order valence-corrected chi connectivity index (χ2v) is 11.4. The van der Waals surface area contributed by atoms with Crippen LogP contribution in [0.2, 0.25) is 0 Å². The molecule has 202 valence electrons. The van der Waals surface area contributed by atoms with Gasteiger partial charge in [-0.1, -0.05) is 29.4 Å². The van der Waals surface area contributed by atoms with Crippen LogP contribution in [0, 0.1) is 11.3 Å². The molecule has 1 aromatic carbocycles. The number of benzene rings is 1. The first-order valence-electron chi connectivity index (χ1n) is 13.7. The Morgan fingerprint density at radius 1 is 1.21 bits per heavy atom. The van der Waals surface area contributed by atoms with Crippen molar-refractivity contribution >= 4 is 23.3 Å². The fraction of sp³-hybridized carbons (Fsp3) is 0.571. The number of oxime groups is 1. The topological polar surface area (TPSA) is 115 Å². The molecule has 1 amide bonds. The summed E-state index contributed by atoms with van der Waals surface area (Å²) >= 11 is 0. The first-order chi connectivity index (χ1) is 18.5. The average molecular weight is 520 g/mol. The number of hydrogen-bond donors (Lipinski definition) is 3. The number of likely N-dealkylation sites (tertiary alicyclic amines) is 1. The van der Waals surface area contributed by atoms with Crippen molar-refractivity contribution < 1.29 is 14.7 Å². The Morgan fingerprint density at radius 2 is 1.97 bits per heavy atom. The van der Waals surface area contributed by atoms with Crippen LogP contribution in [-0.2, 0) is 22.6 Å². The van der Waals surface area contributed by atoms with Gasteiger partial charge >= 0.3 is 0 Å². The lowest BCUT2D eigenvalue weighted by Gasteiger charge is -2.59. The van der Waals surface area contributed by atoms with Gasteiger partial charge in [0.15, 0.2) is 0 Å². The number of anilines is 2. The molecule has 4 aliphatic rings. The van der Waals surface area contributed by atoms with Crippen molar-refractivity contribution in [2.75, 3.05) is 50.5 Å². The molecule has 1 atom stereocenters. The fourth-order valence-corrected chi connectivity index (χ4v) is 6.20. The maximum Gasteiger partial charge on any atom is 0.271 e. The van der Waals surface area contributed by atoms with E-state index in [1.165, 1.54) is 18.2 Å². The number of nitrogens with one attached hydrogen (secondary N) is 2. The Bertz CT molecular complexity index is 1190. The van der Waals surface area contributed by atoms with Gasteiger partial charge in [-0.25, -0.2) is 9.97 Å². The molecule has 1 spiro atoms. The van der Waals surface area contributed by atoms with E-state index in [2.05, 4.69) is 54.9 Å². The van der Waals surface area contributed by atoms with Crippen molar-refractivity contribution in [1.82, 2.24) is 19.8 Å². The first-order valence-corrected chi connectivity index (χ1v) is 13.7. The normalized spacial score (nSPS) is 21.7. The molecule has 0 unspecified atom stereocenters. The Morgan fingerprint density at radius 3 is 2.74 bits per heavy atom. The van der Waals surface area contributed by atoms with Crippen molar-refractivity contribution in [2.45, 2.75) is 50.8 Å². The van der Waals surface area contributed by atoms with Gasteiger partial charge in [0.05, 0.1) is 6.10 Å². The summed E-state index contributed by atoms with van der Waals surface area (Å²) in [4.78, 5) is 30.6. The number of nitrogens with zero attached hydrogens (tertiary/aromatic N) is 5. The molecule has 2 aliphatic heterocycles. The first kappa shape index (κ1) is 25.1. The molecule has 0 bridgehead atoms. The zero-order chi connectivity index (χ0) is 26.1. The number of amides is 1. The molecule has 1 saturated heterocycles. The zero-order valence-electron chi connectivity index (χ0n) is 22.0. The van der Waals surface area contributed by atoms with E-state index in [9.17, 15) is 9.90 Å². The van der Waals surface area contributed by atoms with Gasteiger partial charge in [0.2, 0.25) is 0 Å². The summed E-state index contributed by atoms with van der Waals surface area (Å²) in [5.41, 5.74) is 3.57. The van der Waals surface area contributed by atoms with Gasteiger partial charge in [0.25, 0.3) is 5.91 Å². The predicted molar refractivity (Wildman–Crippen MR) is 145 cm³/mol. The highest BCUT2D eigenvalue weighted by molar-refractivity contribution is 6.40. The second kappa shape index (κ2) is 10.5. The maximum absolute atomic E-state index is 12.8. The second-order valence-electron chi connectivity index (χ2n) is 11.4. The van der Waals surface area contributed by atoms with Crippen LogP contribution in [0.15, 0.2) is 41.8 Å². The van der Waals surface area contributed by atoms with Crippen LogP contribution in [0.25, 0.3) is 0 Å². The van der Waals surface area contributed by atoms with Crippen molar-refractivity contribution in [1.29, 1.82) is 0 Å². The number of fused-ring (bicyclic) bond motifs is 1. The summed E-state index contributed by atoms with van der Waals surface area (Å²) < 4.78 is 0. The zero-order valence-corrected chi connectivity index (χ0v) is 22.0. The van der Waals surface area contributed by atoms with Gasteiger partial charge in [0.1, 0.15) is 30.8 Å². The van der Waals surface area contributed by atoms with Gasteiger partial charge in [-0.05, 0) is 43.2 Å². The van der Waals surface area contributed by atoms with E-state index >= 15 is 0 Å². The monoisotopic (exact) mass is 519 g/mol. The van der Waals surface area contributed by atoms with Crippen molar-refractivity contribution in [2.24, 2.45) is 16.5 Å². The number of carbonyl (C=O) groups is 1. The molecule has 3 N–H and O–H groups in total. The molecule has 10 nitrogen and oxygen atoms in total. The Balaban J connectivity index is 0.928. The third-order valence-electron chi connectivity index (χ3n) is 8.29. The van der Waals surface area contributed by atoms with Crippen LogP contribution in [0.1, 0.15) is 36.8 Å². The minimum absolute atomic E-state index is 0.0372. The van der Waals surface area contributed by atoms with E-state index in [1.807, 2.05) is 11.0 Å². The summed E-state index contributed by atoms with van der Waals surface area (Å²) in [5, 5.41) is 21.4. The minimum Gasteiger partial charge on any atom is -0.399 e. The van der Waals surface area contributed by atoms with Gasteiger partial charge in [0, 0.05) is 62.7 Å². The molecule has 6 rings (SSSR count). The van der Waals surface area contributed by atoms with Crippen LogP contribution in [0.5, 0.6) is 0 Å². The smallest absolute Gasteiger partial charge is 0.271 e. The summed E-state index contributed by atoms with van der Waals surface area (Å²) in [7, 11) is 1.50. The molecular formula is C28H37N7O3. The summed E-state index contributed by atoms with van der Waals surface area (Å²) in [6.07, 6.45) is 6.17. The third-order valence-corrected chi connectivity index (χ3v) is 8.29. The van der Waals surface area contributed by atoms with Crippen molar-refractivity contribution in [3.63, 3.8) is 0 Å². The van der Waals surface area contributed by atoms with Crippen molar-refractivity contribution in [3.8, 4) is 0 Å². The Kier molecular flexibility index (Phi) is 6.92. The Labute approximate surface area is 223 Å². The molecule has 38 heavy (non-hydrogen) atoms. The number of aliphatic hydroxyl groups excluding tert-OH is 1. The van der Waals surface area contributed by atoms with E-state index < -0.39 is 6.10 Å². The van der Waals surface area contributed by atoms with Gasteiger partial charge in [-0.2, -0.15) is 0 Å². The molecule has 10 heteroatoms. The summed E-state index contributed by atoms with van der Waals surface area (Å²) in [6, 6.07) is 10.8. The minimum atomic E-state index is -0.489. The molecular weight excluding hydrogens is 482 g/mol. The lowest BCUT2D eigenvalue weighted by Crippen LogP contribution is -2.67. The number of aliphatic hydroxyl groups is 1. The summed E-state index contributed by atoms with van der Waals surface area (Å²) in [5.74, 6) is 1.79. The van der Waals surface area contributed by atoms with Crippen LogP contribution in [0.3, 0.4) is 0 Å². The molecule has 3 fully saturated rings. The fourth-order valence-electron chi connectivity index (χ4n) is 6.20. The van der Waals surface area contributed by atoms with E-state index in [1.54, 1.807) is 6.33 Å². The molecule has 3 heterocycles. The van der Waals surface area contributed by atoms with E-state index in [0.29, 0.717) is 30.7 Å². The highest BCUT2D eigenvalue weighted by atomic mass is 16.6. The lowest BCUT2D eigenvalue weighted by atomic mass is 9.60. The largest absolute Gasteiger partial charge is 0.399 e. The lowest BCUT2D eigenvalue weighted by molar-refractivity contribution is -0.143. The summed E-state index contributed by atoms with van der Waals surface area (Å²) in [6.45, 7) is 4.48. The van der Waals surface area contributed by atoms with Gasteiger partial charge in [-0.15, -0.1) is 0 Å². The molecule has 2 aromatic rings. The highest BCUT2D eigenvalue weighted by Gasteiger charge is 2.55. The van der Waals surface area contributed by atoms with E-state index in [-0.39, 0.29) is 17.2 Å². The molecule has 1 aromatic heterocycles. The number of aromatic nitrogens is 2. The van der Waals surface area contributed by atoms with Crippen LogP contribution >= 0.6 is 0 Å². The van der Waals surface area contributed by atoms with Crippen LogP contribution < -0.4 is 10.6 Å². The Hall–Kier alpha value is -3.24. The quantitative estimate of drug-likeness (QED) is 0.323. The third kappa shape index (κ3) is 5.47. The number of carbonyl (C=O) groups excluding carboxylic acids is 1. The predicted octanol–water partition coefficient (Wildman–Crippen LogP) is 2.12. The average Bonchev–Trinajstić information content (AvgIpc) is 3.72. The number of β-amino-alcohol motifs (C(OH)–C–C–N with tert-alkyl or cyclic N) is 1. The van der Waals surface area contributed by atoms with Gasteiger partial charge < -0.3 is 25.5 Å². The molecule has 0 radical (unpaired) electrons. The number of rotatable bonds is 10. The van der Waals surface area contributed by atoms with Gasteiger partial charge in [-0.3, -0.25) is 9.69 Å². The van der Waals surface area contributed by atoms with Crippen molar-refractivity contribution in [3.05, 3.63) is 47.8 Å². The van der Waals surface area contributed by atoms with E-state index in [0.717, 1.165) is 64.1 Å². The maximum atomic E-state index is 12.8. The van der Waals surface area contributed by atoms with Crippen LogP contribution in [-0.4, -0.2) is 88.5 Å². The molecule has 2 aliphatic carbocycles. The van der Waals surface area contributed by atoms with E-state index in [4.69, 9.17) is 4.84 Å².